The molecule has 0 aliphatic heterocycles. The highest BCUT2D eigenvalue weighted by Gasteiger charge is 2.21. The second-order valence-corrected chi connectivity index (χ2v) is 5.14. The van der Waals surface area contributed by atoms with E-state index in [9.17, 15) is 14.7 Å². The molecule has 2 aromatic rings. The van der Waals surface area contributed by atoms with Crippen LogP contribution < -0.4 is 10.1 Å². The molecule has 0 unspecified atom stereocenters. The zero-order valence-electron chi connectivity index (χ0n) is 12.9. The molecule has 2 aromatic carbocycles. The van der Waals surface area contributed by atoms with Gasteiger partial charge in [0.1, 0.15) is 11.8 Å². The molecule has 0 saturated carbocycles. The Morgan fingerprint density at radius 1 is 1.09 bits per heavy atom. The maximum atomic E-state index is 12.2. The fourth-order valence-corrected chi connectivity index (χ4v) is 2.32. The molecule has 0 heterocycles. The van der Waals surface area contributed by atoms with E-state index in [-0.39, 0.29) is 18.7 Å². The molecule has 2 N–H and O–H groups in total. The van der Waals surface area contributed by atoms with Gasteiger partial charge >= 0.3 is 5.97 Å². The van der Waals surface area contributed by atoms with Gasteiger partial charge in [0.15, 0.2) is 0 Å². The van der Waals surface area contributed by atoms with Gasteiger partial charge in [-0.25, -0.2) is 4.79 Å². The first kappa shape index (κ1) is 16.5. The summed E-state index contributed by atoms with van der Waals surface area (Å²) in [6.07, 6.45) is 0.316. The number of nitrogens with one attached hydrogen (secondary N) is 1. The van der Waals surface area contributed by atoms with Crippen molar-refractivity contribution in [1.82, 2.24) is 5.32 Å². The topological polar surface area (TPSA) is 75.6 Å². The van der Waals surface area contributed by atoms with Gasteiger partial charge in [-0.3, -0.25) is 4.79 Å². The van der Waals surface area contributed by atoms with Crippen molar-refractivity contribution in [3.05, 3.63) is 65.7 Å². The summed E-state index contributed by atoms with van der Waals surface area (Å²) >= 11 is 0. The second-order valence-electron chi connectivity index (χ2n) is 5.14. The summed E-state index contributed by atoms with van der Waals surface area (Å²) in [6, 6.07) is 15.4. The smallest absolute Gasteiger partial charge is 0.326 e. The minimum Gasteiger partial charge on any atom is -0.496 e. The highest BCUT2D eigenvalue weighted by molar-refractivity contribution is 5.85. The SMILES string of the molecule is COc1ccccc1CC(=O)N[C@@H](Cc1ccccc1)C(=O)O. The molecule has 5 nitrogen and oxygen atoms in total. The third kappa shape index (κ3) is 4.85. The molecule has 0 aliphatic carbocycles. The van der Waals surface area contributed by atoms with Gasteiger partial charge in [0.25, 0.3) is 0 Å². The fourth-order valence-electron chi connectivity index (χ4n) is 2.32. The fraction of sp³-hybridized carbons (Fsp3) is 0.222. The molecule has 0 aromatic heterocycles. The predicted molar refractivity (Wildman–Crippen MR) is 86.4 cm³/mol. The van der Waals surface area contributed by atoms with Crippen LogP contribution >= 0.6 is 0 Å². The van der Waals surface area contributed by atoms with Gasteiger partial charge in [-0.2, -0.15) is 0 Å². The second kappa shape index (κ2) is 7.98. The van der Waals surface area contributed by atoms with Crippen LogP contribution in [0.4, 0.5) is 0 Å². The van der Waals surface area contributed by atoms with E-state index < -0.39 is 12.0 Å². The Morgan fingerprint density at radius 3 is 2.39 bits per heavy atom. The molecular weight excluding hydrogens is 294 g/mol. The lowest BCUT2D eigenvalue weighted by molar-refractivity contribution is -0.141. The van der Waals surface area contributed by atoms with E-state index in [0.717, 1.165) is 11.1 Å². The Kier molecular flexibility index (Phi) is 5.74. The Balaban J connectivity index is 2.02. The molecule has 1 amide bonds. The summed E-state index contributed by atoms with van der Waals surface area (Å²) in [7, 11) is 1.53. The molecule has 5 heteroatoms. The molecular formula is C18H19NO4. The Hall–Kier alpha value is -2.82. The van der Waals surface area contributed by atoms with Crippen molar-refractivity contribution in [2.24, 2.45) is 0 Å². The number of rotatable bonds is 7. The number of amides is 1. The predicted octanol–water partition coefficient (Wildman–Crippen LogP) is 2.05. The number of carboxylic acids is 1. The first-order chi connectivity index (χ1) is 11.1. The molecule has 0 aliphatic rings. The zero-order chi connectivity index (χ0) is 16.7. The van der Waals surface area contributed by atoms with Crippen molar-refractivity contribution in [2.75, 3.05) is 7.11 Å². The Bertz CT molecular complexity index is 670. The highest BCUT2D eigenvalue weighted by Crippen LogP contribution is 2.17. The maximum Gasteiger partial charge on any atom is 0.326 e. The molecule has 0 radical (unpaired) electrons. The summed E-state index contributed by atoms with van der Waals surface area (Å²) in [4.78, 5) is 23.5. The number of ether oxygens (including phenoxy) is 1. The third-order valence-electron chi connectivity index (χ3n) is 3.46. The van der Waals surface area contributed by atoms with Crippen LogP contribution in [0.25, 0.3) is 0 Å². The van der Waals surface area contributed by atoms with Gasteiger partial charge < -0.3 is 15.2 Å². The first-order valence-electron chi connectivity index (χ1n) is 7.28. The summed E-state index contributed by atoms with van der Waals surface area (Å²) in [5, 5.41) is 11.9. The van der Waals surface area contributed by atoms with Crippen LogP contribution in [0.3, 0.4) is 0 Å². The van der Waals surface area contributed by atoms with E-state index in [1.54, 1.807) is 12.1 Å². The first-order valence-corrected chi connectivity index (χ1v) is 7.28. The van der Waals surface area contributed by atoms with E-state index in [1.807, 2.05) is 42.5 Å². The van der Waals surface area contributed by atoms with Crippen molar-refractivity contribution in [1.29, 1.82) is 0 Å². The number of hydrogen-bond donors (Lipinski definition) is 2. The average molecular weight is 313 g/mol. The third-order valence-corrected chi connectivity index (χ3v) is 3.46. The summed E-state index contributed by atoms with van der Waals surface area (Å²) in [6.45, 7) is 0. The number of carboxylic acid groups (broad SMARTS) is 1. The number of para-hydroxylation sites is 1. The lowest BCUT2D eigenvalue weighted by atomic mass is 10.1. The van der Waals surface area contributed by atoms with Crippen LogP contribution in [0.1, 0.15) is 11.1 Å². The number of hydrogen-bond acceptors (Lipinski definition) is 3. The average Bonchev–Trinajstić information content (AvgIpc) is 2.55. The largest absolute Gasteiger partial charge is 0.496 e. The van der Waals surface area contributed by atoms with Gasteiger partial charge in [-0.05, 0) is 11.6 Å². The van der Waals surface area contributed by atoms with Crippen molar-refractivity contribution < 1.29 is 19.4 Å². The quantitative estimate of drug-likeness (QED) is 0.820. The minimum absolute atomic E-state index is 0.0720. The molecule has 0 bridgehead atoms. The van der Waals surface area contributed by atoms with E-state index in [2.05, 4.69) is 5.32 Å². The maximum absolute atomic E-state index is 12.2. The molecule has 120 valence electrons. The monoisotopic (exact) mass is 313 g/mol. The van der Waals surface area contributed by atoms with Crippen LogP contribution in [-0.2, 0) is 22.4 Å². The molecule has 0 spiro atoms. The summed E-state index contributed by atoms with van der Waals surface area (Å²) in [5.74, 6) is -0.794. The molecule has 1 atom stereocenters. The summed E-state index contributed by atoms with van der Waals surface area (Å²) < 4.78 is 5.20. The van der Waals surface area contributed by atoms with Gasteiger partial charge in [-0.1, -0.05) is 48.5 Å². The normalized spacial score (nSPS) is 11.5. The lowest BCUT2D eigenvalue weighted by Gasteiger charge is -2.15. The number of methoxy groups -OCH3 is 1. The lowest BCUT2D eigenvalue weighted by Crippen LogP contribution is -2.43. The van der Waals surface area contributed by atoms with Crippen LogP contribution in [0.15, 0.2) is 54.6 Å². The summed E-state index contributed by atoms with van der Waals surface area (Å²) in [5.41, 5.74) is 1.58. The van der Waals surface area contributed by atoms with Gasteiger partial charge in [-0.15, -0.1) is 0 Å². The molecule has 0 fully saturated rings. The molecule has 2 rings (SSSR count). The Labute approximate surface area is 134 Å². The van der Waals surface area contributed by atoms with Gasteiger partial charge in [0, 0.05) is 12.0 Å². The van der Waals surface area contributed by atoms with E-state index in [1.165, 1.54) is 7.11 Å². The van der Waals surface area contributed by atoms with Crippen molar-refractivity contribution in [2.45, 2.75) is 18.9 Å². The number of aliphatic carboxylic acids is 1. The van der Waals surface area contributed by atoms with E-state index >= 15 is 0 Å². The number of carbonyl (C=O) groups is 2. The van der Waals surface area contributed by atoms with Gasteiger partial charge in [0.05, 0.1) is 13.5 Å². The molecule has 23 heavy (non-hydrogen) atoms. The zero-order valence-corrected chi connectivity index (χ0v) is 12.9. The van der Waals surface area contributed by atoms with E-state index in [4.69, 9.17) is 4.74 Å². The van der Waals surface area contributed by atoms with Crippen LogP contribution in [0, 0.1) is 0 Å². The van der Waals surface area contributed by atoms with E-state index in [0.29, 0.717) is 5.75 Å². The van der Waals surface area contributed by atoms with Gasteiger partial charge in [0.2, 0.25) is 5.91 Å². The minimum atomic E-state index is -1.05. The number of carbonyl (C=O) groups excluding carboxylic acids is 1. The Morgan fingerprint density at radius 2 is 1.74 bits per heavy atom. The molecule has 0 saturated heterocycles. The standard InChI is InChI=1S/C18H19NO4/c1-23-16-10-6-5-9-14(16)12-17(20)19-15(18(21)22)11-13-7-3-2-4-8-13/h2-10,15H,11-12H2,1H3,(H,19,20)(H,21,22)/t15-/m0/s1. The number of benzene rings is 2. The van der Waals surface area contributed by atoms with Crippen LogP contribution in [0.2, 0.25) is 0 Å². The van der Waals surface area contributed by atoms with Crippen molar-refractivity contribution in [3.63, 3.8) is 0 Å². The van der Waals surface area contributed by atoms with Crippen LogP contribution in [-0.4, -0.2) is 30.1 Å². The van der Waals surface area contributed by atoms with Crippen molar-refractivity contribution in [3.8, 4) is 5.75 Å². The highest BCUT2D eigenvalue weighted by atomic mass is 16.5. The van der Waals surface area contributed by atoms with Crippen LogP contribution in [0.5, 0.6) is 5.75 Å². The van der Waals surface area contributed by atoms with Crippen molar-refractivity contribution >= 4 is 11.9 Å².